The number of nitrogens with one attached hydrogen (secondary N) is 2. The van der Waals surface area contributed by atoms with Crippen molar-refractivity contribution in [3.05, 3.63) is 75.7 Å². The van der Waals surface area contributed by atoms with Crippen molar-refractivity contribution < 1.29 is 18.4 Å². The molecule has 4 aromatic rings. The molecule has 0 fully saturated rings. The van der Waals surface area contributed by atoms with E-state index < -0.39 is 23.4 Å². The van der Waals surface area contributed by atoms with Gasteiger partial charge in [0.1, 0.15) is 5.69 Å². The fourth-order valence-corrected chi connectivity index (χ4v) is 4.93. The first-order valence-corrected chi connectivity index (χ1v) is 12.4. The number of likely N-dealkylation sites (N-methyl/N-ethyl adjacent to an activating group) is 1. The number of para-hydroxylation sites is 1. The number of aryl methyl sites for hydroxylation is 1. The second kappa shape index (κ2) is 10.9. The minimum absolute atomic E-state index is 0.0793. The highest BCUT2D eigenvalue weighted by atomic mass is 32.1. The zero-order valence-electron chi connectivity index (χ0n) is 19.0. The van der Waals surface area contributed by atoms with Gasteiger partial charge in [-0.1, -0.05) is 53.3 Å². The van der Waals surface area contributed by atoms with Crippen LogP contribution in [0, 0.1) is 6.92 Å². The Kier molecular flexibility index (Phi) is 7.67. The zero-order chi connectivity index (χ0) is 24.9. The van der Waals surface area contributed by atoms with Gasteiger partial charge >= 0.3 is 0 Å². The van der Waals surface area contributed by atoms with Crippen LogP contribution in [0.5, 0.6) is 0 Å². The van der Waals surface area contributed by atoms with Gasteiger partial charge in [0.15, 0.2) is 10.1 Å². The number of nitrogens with zero attached hydrogens (tertiary/aromatic N) is 3. The number of fused-ring (bicyclic) bond motifs is 1. The maximum Gasteiger partial charge on any atom is 0.289 e. The fourth-order valence-electron chi connectivity index (χ4n) is 3.35. The molecule has 0 saturated heterocycles. The molecule has 0 spiro atoms. The van der Waals surface area contributed by atoms with Gasteiger partial charge in [0.2, 0.25) is 5.91 Å². The predicted molar refractivity (Wildman–Crippen MR) is 134 cm³/mol. The number of carbonyl (C=O) groups is 2. The largest absolute Gasteiger partial charge is 0.352 e. The number of benzene rings is 2. The molecule has 2 heterocycles. The molecular weight excluding hydrogens is 492 g/mol. The van der Waals surface area contributed by atoms with Gasteiger partial charge in [-0.25, -0.2) is 18.7 Å². The number of amides is 2. The van der Waals surface area contributed by atoms with Gasteiger partial charge in [-0.3, -0.25) is 9.59 Å². The van der Waals surface area contributed by atoms with Gasteiger partial charge in [-0.05, 0) is 24.6 Å². The van der Waals surface area contributed by atoms with Crippen molar-refractivity contribution in [2.75, 3.05) is 25.0 Å². The number of thiazole rings is 2. The first kappa shape index (κ1) is 24.7. The van der Waals surface area contributed by atoms with Gasteiger partial charge in [-0.2, -0.15) is 0 Å². The van der Waals surface area contributed by atoms with E-state index >= 15 is 0 Å². The summed E-state index contributed by atoms with van der Waals surface area (Å²) in [4.78, 5) is 35.4. The maximum atomic E-state index is 12.9. The third-order valence-electron chi connectivity index (χ3n) is 5.22. The predicted octanol–water partition coefficient (Wildman–Crippen LogP) is 4.72. The van der Waals surface area contributed by atoms with Crippen LogP contribution in [-0.2, 0) is 4.79 Å². The Labute approximate surface area is 208 Å². The number of halogens is 2. The maximum absolute atomic E-state index is 12.9. The average molecular weight is 516 g/mol. The summed E-state index contributed by atoms with van der Waals surface area (Å²) in [6, 6.07) is 14.7. The van der Waals surface area contributed by atoms with Crippen LogP contribution in [0.3, 0.4) is 0 Å². The number of carbonyl (C=O) groups excluding carboxylic acids is 2. The highest BCUT2D eigenvalue weighted by Crippen LogP contribution is 2.27. The van der Waals surface area contributed by atoms with E-state index in [0.29, 0.717) is 0 Å². The van der Waals surface area contributed by atoms with Gasteiger partial charge in [0.25, 0.3) is 12.3 Å². The standard InChI is InChI=1S/C24H23F2N5O2S2/c1-14-7-9-15(10-8-14)17(28-22(33)18-13-34-23(29-18)21(25)26)11-27-20(32)12-31(2)24-30-16-5-3-4-6-19(16)35-24/h3-10,13,17,21H,11-12H2,1-2H3,(H,27,32)(H,28,33). The van der Waals surface area contributed by atoms with Crippen LogP contribution in [0.25, 0.3) is 10.2 Å². The zero-order valence-corrected chi connectivity index (χ0v) is 20.6. The monoisotopic (exact) mass is 515 g/mol. The van der Waals surface area contributed by atoms with Crippen molar-refractivity contribution in [2.24, 2.45) is 0 Å². The van der Waals surface area contributed by atoms with Crippen molar-refractivity contribution in [3.8, 4) is 0 Å². The van der Waals surface area contributed by atoms with Gasteiger partial charge in [-0.15, -0.1) is 11.3 Å². The molecule has 0 aliphatic heterocycles. The van der Waals surface area contributed by atoms with E-state index in [9.17, 15) is 18.4 Å². The van der Waals surface area contributed by atoms with E-state index in [1.54, 1.807) is 11.9 Å². The molecule has 7 nitrogen and oxygen atoms in total. The molecule has 1 atom stereocenters. The Bertz CT molecular complexity index is 1290. The van der Waals surface area contributed by atoms with E-state index in [0.717, 1.165) is 37.8 Å². The molecule has 0 aliphatic rings. The molecule has 2 aromatic heterocycles. The van der Waals surface area contributed by atoms with Crippen LogP contribution in [0.15, 0.2) is 53.9 Å². The lowest BCUT2D eigenvalue weighted by Crippen LogP contribution is -2.41. The fraction of sp³-hybridized carbons (Fsp3) is 0.250. The third kappa shape index (κ3) is 6.17. The van der Waals surface area contributed by atoms with Crippen LogP contribution < -0.4 is 15.5 Å². The van der Waals surface area contributed by atoms with Gasteiger partial charge in [0, 0.05) is 19.0 Å². The number of alkyl halides is 2. The molecule has 2 N–H and O–H groups in total. The Morgan fingerprint density at radius 1 is 1.09 bits per heavy atom. The molecular formula is C24H23F2N5O2S2. The number of aromatic nitrogens is 2. The van der Waals surface area contributed by atoms with Crippen molar-refractivity contribution in [1.82, 2.24) is 20.6 Å². The lowest BCUT2D eigenvalue weighted by Gasteiger charge is -2.21. The van der Waals surface area contributed by atoms with Crippen LogP contribution in [0.2, 0.25) is 0 Å². The van der Waals surface area contributed by atoms with E-state index in [1.807, 2.05) is 55.5 Å². The summed E-state index contributed by atoms with van der Waals surface area (Å²) in [6.07, 6.45) is -2.74. The minimum atomic E-state index is -2.74. The molecule has 4 rings (SSSR count). The Hall–Kier alpha value is -3.44. The summed E-state index contributed by atoms with van der Waals surface area (Å²) < 4.78 is 26.8. The molecule has 2 amide bonds. The quantitative estimate of drug-likeness (QED) is 0.337. The number of anilines is 1. The highest BCUT2D eigenvalue weighted by molar-refractivity contribution is 7.22. The molecule has 0 aliphatic carbocycles. The van der Waals surface area contributed by atoms with Crippen molar-refractivity contribution in [3.63, 3.8) is 0 Å². The number of hydrogen-bond acceptors (Lipinski definition) is 7. The molecule has 0 bridgehead atoms. The smallest absolute Gasteiger partial charge is 0.289 e. The molecule has 2 aromatic carbocycles. The SMILES string of the molecule is Cc1ccc(C(CNC(=O)CN(C)c2nc3ccccc3s2)NC(=O)c2csc(C(F)F)n2)cc1. The molecule has 0 saturated carbocycles. The highest BCUT2D eigenvalue weighted by Gasteiger charge is 2.21. The van der Waals surface area contributed by atoms with E-state index in [1.165, 1.54) is 16.7 Å². The Morgan fingerprint density at radius 2 is 1.83 bits per heavy atom. The summed E-state index contributed by atoms with van der Waals surface area (Å²) in [5, 5.41) is 7.27. The molecule has 11 heteroatoms. The average Bonchev–Trinajstić information content (AvgIpc) is 3.50. The summed E-state index contributed by atoms with van der Waals surface area (Å²) in [5.41, 5.74) is 2.61. The summed E-state index contributed by atoms with van der Waals surface area (Å²) in [7, 11) is 1.79. The number of hydrogen-bond donors (Lipinski definition) is 2. The summed E-state index contributed by atoms with van der Waals surface area (Å²) in [6.45, 7) is 2.14. The van der Waals surface area contributed by atoms with E-state index in [4.69, 9.17) is 0 Å². The minimum Gasteiger partial charge on any atom is -0.352 e. The van der Waals surface area contributed by atoms with E-state index in [-0.39, 0.29) is 24.7 Å². The molecule has 1 unspecified atom stereocenters. The Balaban J connectivity index is 1.41. The molecule has 182 valence electrons. The second-order valence-corrected chi connectivity index (χ2v) is 9.83. The van der Waals surface area contributed by atoms with Crippen molar-refractivity contribution in [1.29, 1.82) is 0 Å². The summed E-state index contributed by atoms with van der Waals surface area (Å²) >= 11 is 2.23. The second-order valence-electron chi connectivity index (χ2n) is 7.93. The van der Waals surface area contributed by atoms with Crippen molar-refractivity contribution in [2.45, 2.75) is 19.4 Å². The van der Waals surface area contributed by atoms with Crippen LogP contribution in [0.4, 0.5) is 13.9 Å². The lowest BCUT2D eigenvalue weighted by atomic mass is 10.0. The lowest BCUT2D eigenvalue weighted by molar-refractivity contribution is -0.119. The summed E-state index contributed by atoms with van der Waals surface area (Å²) in [5.74, 6) is -0.827. The first-order chi connectivity index (χ1) is 16.8. The van der Waals surface area contributed by atoms with Gasteiger partial charge < -0.3 is 15.5 Å². The Morgan fingerprint density at radius 3 is 2.51 bits per heavy atom. The van der Waals surface area contributed by atoms with Crippen molar-refractivity contribution >= 4 is 49.8 Å². The molecule has 35 heavy (non-hydrogen) atoms. The van der Waals surface area contributed by atoms with Crippen LogP contribution in [0.1, 0.15) is 39.1 Å². The van der Waals surface area contributed by atoms with Crippen LogP contribution >= 0.6 is 22.7 Å². The van der Waals surface area contributed by atoms with Gasteiger partial charge in [0.05, 0.1) is 22.8 Å². The number of rotatable bonds is 9. The molecule has 0 radical (unpaired) electrons. The van der Waals surface area contributed by atoms with Crippen LogP contribution in [-0.4, -0.2) is 41.9 Å². The normalized spacial score (nSPS) is 12.0. The third-order valence-corrected chi connectivity index (χ3v) is 7.22. The van der Waals surface area contributed by atoms with E-state index in [2.05, 4.69) is 20.6 Å². The topological polar surface area (TPSA) is 87.2 Å². The first-order valence-electron chi connectivity index (χ1n) is 10.7.